The third kappa shape index (κ3) is 5.18. The fraction of sp³-hybridized carbons (Fsp3) is 1.00. The minimum absolute atomic E-state index is 0.312. The SMILES string of the molecule is C[C@@H]1O[C@@H](O[C@H]2[C@H](O)[C@@H](CO[C@@H]3OC[C@@H](O)[C@H](O)[C@H]3O)OC(O)[C@@H]2O)[C@H](O)[C@H](O)[C@H]1O. The molecule has 182 valence electrons. The summed E-state index contributed by atoms with van der Waals surface area (Å²) in [7, 11) is 0. The lowest BCUT2D eigenvalue weighted by molar-refractivity contribution is -0.357. The third-order valence-corrected chi connectivity index (χ3v) is 5.64. The molecule has 3 saturated heterocycles. The van der Waals surface area contributed by atoms with E-state index in [0.29, 0.717) is 0 Å². The highest BCUT2D eigenvalue weighted by molar-refractivity contribution is 4.93. The van der Waals surface area contributed by atoms with E-state index in [0.717, 1.165) is 0 Å². The summed E-state index contributed by atoms with van der Waals surface area (Å²) >= 11 is 0. The standard InChI is InChI=1S/C17H30O14/c1-4-7(19)10(22)12(24)17(29-4)31-14-9(21)6(30-15(26)13(14)25)3-28-16-11(23)8(20)5(18)2-27-16/h4-26H,2-3H2,1H3/t4-,5+,6+,7-,8-,9+,10+,11+,12+,13+,14-,15?,16-,17-/m0/s1. The van der Waals surface area contributed by atoms with Gasteiger partial charge in [-0.05, 0) is 6.92 Å². The van der Waals surface area contributed by atoms with E-state index in [1.54, 1.807) is 0 Å². The molecule has 0 aromatic rings. The molecule has 0 aromatic carbocycles. The quantitative estimate of drug-likeness (QED) is 0.187. The van der Waals surface area contributed by atoms with Crippen molar-refractivity contribution in [2.45, 2.75) is 92.9 Å². The van der Waals surface area contributed by atoms with Crippen LogP contribution in [0, 0.1) is 0 Å². The molecule has 0 bridgehead atoms. The number of rotatable bonds is 5. The van der Waals surface area contributed by atoms with E-state index >= 15 is 0 Å². The summed E-state index contributed by atoms with van der Waals surface area (Å²) in [4.78, 5) is 0. The number of hydrogen-bond donors (Lipinski definition) is 9. The summed E-state index contributed by atoms with van der Waals surface area (Å²) in [5, 5.41) is 89.5. The Hall–Kier alpha value is -0.560. The van der Waals surface area contributed by atoms with Gasteiger partial charge in [-0.3, -0.25) is 0 Å². The Morgan fingerprint density at radius 2 is 1.35 bits per heavy atom. The molecule has 0 aromatic heterocycles. The lowest BCUT2D eigenvalue weighted by Gasteiger charge is -2.45. The zero-order valence-corrected chi connectivity index (χ0v) is 16.6. The first-order valence-corrected chi connectivity index (χ1v) is 9.85. The average molecular weight is 458 g/mol. The Morgan fingerprint density at radius 1 is 0.710 bits per heavy atom. The van der Waals surface area contributed by atoms with Crippen molar-refractivity contribution in [3.8, 4) is 0 Å². The zero-order chi connectivity index (χ0) is 23.0. The van der Waals surface area contributed by atoms with E-state index in [2.05, 4.69) is 0 Å². The zero-order valence-electron chi connectivity index (χ0n) is 16.6. The number of hydrogen-bond acceptors (Lipinski definition) is 14. The predicted octanol–water partition coefficient (Wildman–Crippen LogP) is -5.91. The molecule has 3 heterocycles. The molecular formula is C17H30O14. The van der Waals surface area contributed by atoms with Crippen LogP contribution in [-0.2, 0) is 23.7 Å². The topological polar surface area (TPSA) is 228 Å². The van der Waals surface area contributed by atoms with E-state index in [4.69, 9.17) is 23.7 Å². The molecular weight excluding hydrogens is 428 g/mol. The van der Waals surface area contributed by atoms with Crippen molar-refractivity contribution in [2.24, 2.45) is 0 Å². The number of ether oxygens (including phenoxy) is 5. The van der Waals surface area contributed by atoms with Gasteiger partial charge in [0.15, 0.2) is 18.9 Å². The van der Waals surface area contributed by atoms with E-state index in [-0.39, 0.29) is 6.61 Å². The maximum absolute atomic E-state index is 10.6. The minimum atomic E-state index is -1.83. The van der Waals surface area contributed by atoms with Gasteiger partial charge in [-0.15, -0.1) is 0 Å². The highest BCUT2D eigenvalue weighted by Gasteiger charge is 2.50. The summed E-state index contributed by atoms with van der Waals surface area (Å²) in [6.07, 6.45) is -21.1. The van der Waals surface area contributed by atoms with E-state index < -0.39 is 92.6 Å². The van der Waals surface area contributed by atoms with E-state index in [1.807, 2.05) is 0 Å². The molecule has 0 radical (unpaired) electrons. The van der Waals surface area contributed by atoms with Crippen LogP contribution < -0.4 is 0 Å². The monoisotopic (exact) mass is 458 g/mol. The van der Waals surface area contributed by atoms with Gasteiger partial charge in [0, 0.05) is 0 Å². The maximum Gasteiger partial charge on any atom is 0.187 e. The summed E-state index contributed by atoms with van der Waals surface area (Å²) in [5.74, 6) is 0. The van der Waals surface area contributed by atoms with Gasteiger partial charge in [-0.25, -0.2) is 0 Å². The maximum atomic E-state index is 10.6. The summed E-state index contributed by atoms with van der Waals surface area (Å²) in [6, 6.07) is 0. The van der Waals surface area contributed by atoms with Crippen LogP contribution in [0.3, 0.4) is 0 Å². The summed E-state index contributed by atoms with van der Waals surface area (Å²) in [6.45, 7) is 0.619. The van der Waals surface area contributed by atoms with Crippen molar-refractivity contribution in [3.05, 3.63) is 0 Å². The van der Waals surface area contributed by atoms with Crippen LogP contribution in [0.2, 0.25) is 0 Å². The fourth-order valence-electron chi connectivity index (χ4n) is 3.61. The van der Waals surface area contributed by atoms with Crippen LogP contribution >= 0.6 is 0 Å². The third-order valence-electron chi connectivity index (χ3n) is 5.64. The van der Waals surface area contributed by atoms with E-state index in [1.165, 1.54) is 6.92 Å². The molecule has 3 fully saturated rings. The summed E-state index contributed by atoms with van der Waals surface area (Å²) in [5.41, 5.74) is 0. The van der Waals surface area contributed by atoms with Crippen molar-refractivity contribution in [3.63, 3.8) is 0 Å². The minimum Gasteiger partial charge on any atom is -0.388 e. The normalized spacial score (nSPS) is 54.0. The molecule has 1 unspecified atom stereocenters. The van der Waals surface area contributed by atoms with Gasteiger partial charge < -0.3 is 69.6 Å². The molecule has 0 spiro atoms. The Bertz CT molecular complexity index is 581. The van der Waals surface area contributed by atoms with Gasteiger partial charge in [0.05, 0.1) is 19.3 Å². The lowest BCUT2D eigenvalue weighted by Crippen LogP contribution is -2.64. The van der Waals surface area contributed by atoms with Crippen LogP contribution in [-0.4, -0.2) is 145 Å². The second-order valence-corrected chi connectivity index (χ2v) is 7.91. The van der Waals surface area contributed by atoms with Crippen LogP contribution in [0.25, 0.3) is 0 Å². The fourth-order valence-corrected chi connectivity index (χ4v) is 3.61. The molecule has 0 amide bonds. The molecule has 0 saturated carbocycles. The van der Waals surface area contributed by atoms with Gasteiger partial charge >= 0.3 is 0 Å². The molecule has 31 heavy (non-hydrogen) atoms. The first-order valence-electron chi connectivity index (χ1n) is 9.85. The smallest absolute Gasteiger partial charge is 0.187 e. The molecule has 9 N–H and O–H groups in total. The molecule has 14 heteroatoms. The number of aliphatic hydroxyl groups excluding tert-OH is 9. The average Bonchev–Trinajstić information content (AvgIpc) is 2.74. The first-order chi connectivity index (χ1) is 14.5. The highest BCUT2D eigenvalue weighted by atomic mass is 16.7. The molecule has 0 aliphatic carbocycles. The largest absolute Gasteiger partial charge is 0.388 e. The van der Waals surface area contributed by atoms with Gasteiger partial charge in [-0.1, -0.05) is 0 Å². The number of aliphatic hydroxyl groups is 9. The predicted molar refractivity (Wildman–Crippen MR) is 93.8 cm³/mol. The molecule has 14 atom stereocenters. The van der Waals surface area contributed by atoms with Crippen LogP contribution in [0.15, 0.2) is 0 Å². The Morgan fingerprint density at radius 3 is 2.03 bits per heavy atom. The van der Waals surface area contributed by atoms with Crippen LogP contribution in [0.4, 0.5) is 0 Å². The van der Waals surface area contributed by atoms with Crippen molar-refractivity contribution >= 4 is 0 Å². The highest BCUT2D eigenvalue weighted by Crippen LogP contribution is 2.29. The Labute approximate surface area is 176 Å². The second-order valence-electron chi connectivity index (χ2n) is 7.91. The van der Waals surface area contributed by atoms with Gasteiger partial charge in [0.2, 0.25) is 0 Å². The lowest BCUT2D eigenvalue weighted by atomic mass is 9.97. The van der Waals surface area contributed by atoms with Crippen molar-refractivity contribution < 1.29 is 69.6 Å². The van der Waals surface area contributed by atoms with Crippen molar-refractivity contribution in [1.82, 2.24) is 0 Å². The molecule has 3 aliphatic heterocycles. The molecule has 3 aliphatic rings. The first kappa shape index (κ1) is 25.1. The van der Waals surface area contributed by atoms with Crippen molar-refractivity contribution in [1.29, 1.82) is 0 Å². The Kier molecular flexibility index (Phi) is 8.21. The van der Waals surface area contributed by atoms with Crippen LogP contribution in [0.5, 0.6) is 0 Å². The van der Waals surface area contributed by atoms with Crippen molar-refractivity contribution in [2.75, 3.05) is 13.2 Å². The molecule has 14 nitrogen and oxygen atoms in total. The molecule has 3 rings (SSSR count). The van der Waals surface area contributed by atoms with E-state index in [9.17, 15) is 46.0 Å². The summed E-state index contributed by atoms with van der Waals surface area (Å²) < 4.78 is 26.2. The second kappa shape index (κ2) is 10.1. The Balaban J connectivity index is 1.62. The van der Waals surface area contributed by atoms with Crippen LogP contribution in [0.1, 0.15) is 6.92 Å². The van der Waals surface area contributed by atoms with Gasteiger partial charge in [0.1, 0.15) is 61.0 Å². The van der Waals surface area contributed by atoms with Gasteiger partial charge in [-0.2, -0.15) is 0 Å². The van der Waals surface area contributed by atoms with Gasteiger partial charge in [0.25, 0.3) is 0 Å².